The lowest BCUT2D eigenvalue weighted by atomic mass is 10.2. The Labute approximate surface area is 95.6 Å². The Kier molecular flexibility index (Phi) is 4.80. The Bertz CT molecular complexity index is 414. The molecule has 0 bridgehead atoms. The molecule has 0 radical (unpaired) electrons. The summed E-state index contributed by atoms with van der Waals surface area (Å²) in [4.78, 5) is 10.5. The molecule has 1 rings (SSSR count). The number of carbonyl (C=O) groups excluding carboxylic acids is 1. The summed E-state index contributed by atoms with van der Waals surface area (Å²) in [6.45, 7) is 5.46. The van der Waals surface area contributed by atoms with Gasteiger partial charge in [-0.05, 0) is 31.2 Å². The number of hydrogen-bond donors (Lipinski definition) is 0. The van der Waals surface area contributed by atoms with Crippen LogP contribution in [0.25, 0.3) is 0 Å². The van der Waals surface area contributed by atoms with Gasteiger partial charge in [0.25, 0.3) is 0 Å². The number of aldehydes is 1. The molecule has 0 heterocycles. The highest BCUT2D eigenvalue weighted by molar-refractivity contribution is 5.76. The molecule has 0 aliphatic rings. The lowest BCUT2D eigenvalue weighted by Gasteiger charge is -2.05. The second kappa shape index (κ2) is 6.40. The van der Waals surface area contributed by atoms with Crippen LogP contribution < -0.4 is 4.74 Å². The van der Waals surface area contributed by atoms with E-state index in [1.54, 1.807) is 12.2 Å². The molecule has 0 N–H and O–H groups in total. The summed E-state index contributed by atoms with van der Waals surface area (Å²) < 4.78 is 5.58. The number of carbonyl (C=O) groups is 1. The van der Waals surface area contributed by atoms with Crippen molar-refractivity contribution < 1.29 is 9.53 Å². The van der Waals surface area contributed by atoms with Gasteiger partial charge in [-0.2, -0.15) is 0 Å². The van der Waals surface area contributed by atoms with Crippen molar-refractivity contribution >= 4 is 6.29 Å². The highest BCUT2D eigenvalue weighted by atomic mass is 16.5. The van der Waals surface area contributed by atoms with E-state index in [0.29, 0.717) is 17.6 Å². The van der Waals surface area contributed by atoms with E-state index in [2.05, 4.69) is 6.58 Å². The quantitative estimate of drug-likeness (QED) is 0.325. The highest BCUT2D eigenvalue weighted by Gasteiger charge is 1.97. The summed E-state index contributed by atoms with van der Waals surface area (Å²) in [6.07, 6.45) is 5.91. The molecule has 0 aliphatic heterocycles. The van der Waals surface area contributed by atoms with Gasteiger partial charge in [0.05, 0.1) is 0 Å². The summed E-state index contributed by atoms with van der Waals surface area (Å²) >= 11 is 0. The molecule has 1 aromatic rings. The first-order chi connectivity index (χ1) is 7.76. The molecule has 0 spiro atoms. The topological polar surface area (TPSA) is 26.3 Å². The maximum Gasteiger partial charge on any atom is 0.149 e. The molecule has 0 aromatic heterocycles. The van der Waals surface area contributed by atoms with Crippen LogP contribution in [0, 0.1) is 0 Å². The number of ether oxygens (including phenoxy) is 1. The van der Waals surface area contributed by atoms with Crippen LogP contribution in [0.2, 0.25) is 0 Å². The first kappa shape index (κ1) is 12.0. The molecular formula is C14H14O2. The highest BCUT2D eigenvalue weighted by Crippen LogP contribution is 2.14. The van der Waals surface area contributed by atoms with Gasteiger partial charge in [-0.1, -0.05) is 30.9 Å². The molecule has 0 fully saturated rings. The van der Waals surface area contributed by atoms with Crippen LogP contribution in [-0.4, -0.2) is 6.29 Å². The van der Waals surface area contributed by atoms with Crippen LogP contribution in [0.15, 0.2) is 66.5 Å². The maximum absolute atomic E-state index is 10.5. The smallest absolute Gasteiger partial charge is 0.149 e. The fourth-order valence-corrected chi connectivity index (χ4v) is 1.12. The van der Waals surface area contributed by atoms with Gasteiger partial charge in [0.1, 0.15) is 17.8 Å². The van der Waals surface area contributed by atoms with Crippen molar-refractivity contribution in [1.29, 1.82) is 0 Å². The van der Waals surface area contributed by atoms with Gasteiger partial charge < -0.3 is 4.74 Å². The normalized spacial score (nSPS) is 11.4. The van der Waals surface area contributed by atoms with Crippen molar-refractivity contribution in [3.8, 4) is 5.75 Å². The van der Waals surface area contributed by atoms with Crippen molar-refractivity contribution in [1.82, 2.24) is 0 Å². The van der Waals surface area contributed by atoms with Gasteiger partial charge in [0.15, 0.2) is 0 Å². The number of para-hydroxylation sites is 1. The van der Waals surface area contributed by atoms with Crippen molar-refractivity contribution in [2.45, 2.75) is 6.92 Å². The summed E-state index contributed by atoms with van der Waals surface area (Å²) in [5.41, 5.74) is 0.379. The second-order valence-electron chi connectivity index (χ2n) is 3.15. The average molecular weight is 214 g/mol. The number of rotatable bonds is 5. The Balaban J connectivity index is 2.84. The number of hydrogen-bond acceptors (Lipinski definition) is 2. The van der Waals surface area contributed by atoms with E-state index >= 15 is 0 Å². The van der Waals surface area contributed by atoms with E-state index < -0.39 is 0 Å². The van der Waals surface area contributed by atoms with E-state index in [4.69, 9.17) is 4.74 Å². The van der Waals surface area contributed by atoms with Crippen LogP contribution in [0.3, 0.4) is 0 Å². The standard InChI is InChI=1S/C14H14O2/c1-3-7-14(10-12(2)11-15)16-13-8-5-4-6-9-13/h3-11H,2H2,1H3/b7-3-,14-10+. The summed E-state index contributed by atoms with van der Waals surface area (Å²) in [6, 6.07) is 9.38. The van der Waals surface area contributed by atoms with E-state index in [9.17, 15) is 4.79 Å². The molecule has 0 unspecified atom stereocenters. The summed E-state index contributed by atoms with van der Waals surface area (Å²) in [5.74, 6) is 1.32. The lowest BCUT2D eigenvalue weighted by molar-refractivity contribution is -0.104. The van der Waals surface area contributed by atoms with E-state index in [0.717, 1.165) is 5.75 Å². The van der Waals surface area contributed by atoms with Gasteiger partial charge >= 0.3 is 0 Å². The minimum absolute atomic E-state index is 0.379. The van der Waals surface area contributed by atoms with Gasteiger partial charge in [0.2, 0.25) is 0 Å². The molecule has 82 valence electrons. The van der Waals surface area contributed by atoms with Crippen LogP contribution in [0.5, 0.6) is 5.75 Å². The van der Waals surface area contributed by atoms with Crippen LogP contribution in [-0.2, 0) is 4.79 Å². The van der Waals surface area contributed by atoms with Crippen molar-refractivity contribution in [3.63, 3.8) is 0 Å². The summed E-state index contributed by atoms with van der Waals surface area (Å²) in [7, 11) is 0. The van der Waals surface area contributed by atoms with Crippen LogP contribution in [0.4, 0.5) is 0 Å². The Morgan fingerprint density at radius 1 is 1.31 bits per heavy atom. The molecule has 2 heteroatoms. The Morgan fingerprint density at radius 3 is 2.56 bits per heavy atom. The first-order valence-electron chi connectivity index (χ1n) is 4.97. The molecular weight excluding hydrogens is 200 g/mol. The third kappa shape index (κ3) is 3.96. The average Bonchev–Trinajstić information content (AvgIpc) is 2.30. The van der Waals surface area contributed by atoms with Crippen molar-refractivity contribution in [2.75, 3.05) is 0 Å². The largest absolute Gasteiger partial charge is 0.457 e. The molecule has 0 saturated heterocycles. The molecule has 1 aromatic carbocycles. The second-order valence-corrected chi connectivity index (χ2v) is 3.15. The third-order valence-electron chi connectivity index (χ3n) is 1.79. The lowest BCUT2D eigenvalue weighted by Crippen LogP contribution is -1.93. The van der Waals surface area contributed by atoms with E-state index in [-0.39, 0.29) is 0 Å². The molecule has 0 saturated carbocycles. The minimum Gasteiger partial charge on any atom is -0.457 e. The Morgan fingerprint density at radius 2 is 2.00 bits per heavy atom. The number of allylic oxidation sites excluding steroid dienone is 4. The predicted octanol–water partition coefficient (Wildman–Crippen LogP) is 3.28. The van der Waals surface area contributed by atoms with E-state index in [1.165, 1.54) is 0 Å². The fourth-order valence-electron chi connectivity index (χ4n) is 1.12. The van der Waals surface area contributed by atoms with Crippen molar-refractivity contribution in [2.24, 2.45) is 0 Å². The molecule has 0 aliphatic carbocycles. The monoisotopic (exact) mass is 214 g/mol. The van der Waals surface area contributed by atoms with Gasteiger partial charge in [-0.15, -0.1) is 0 Å². The Hall–Kier alpha value is -2.09. The fraction of sp³-hybridized carbons (Fsp3) is 0.0714. The molecule has 2 nitrogen and oxygen atoms in total. The first-order valence-corrected chi connectivity index (χ1v) is 4.97. The molecule has 0 atom stereocenters. The SMILES string of the molecule is C=C(C=O)/C=C(\C=C/C)Oc1ccccc1. The van der Waals surface area contributed by atoms with Gasteiger partial charge in [0, 0.05) is 5.57 Å². The number of benzene rings is 1. The van der Waals surface area contributed by atoms with Crippen molar-refractivity contribution in [3.05, 3.63) is 66.5 Å². The third-order valence-corrected chi connectivity index (χ3v) is 1.79. The van der Waals surface area contributed by atoms with Crippen LogP contribution in [0.1, 0.15) is 6.92 Å². The zero-order valence-electron chi connectivity index (χ0n) is 9.22. The maximum atomic E-state index is 10.5. The predicted molar refractivity (Wildman–Crippen MR) is 65.2 cm³/mol. The molecule has 0 amide bonds. The zero-order chi connectivity index (χ0) is 11.8. The van der Waals surface area contributed by atoms with Gasteiger partial charge in [-0.25, -0.2) is 0 Å². The van der Waals surface area contributed by atoms with Crippen LogP contribution >= 0.6 is 0 Å². The molecule has 16 heavy (non-hydrogen) atoms. The summed E-state index contributed by atoms with van der Waals surface area (Å²) in [5, 5.41) is 0. The zero-order valence-corrected chi connectivity index (χ0v) is 9.22. The minimum atomic E-state index is 0.379. The van der Waals surface area contributed by atoms with E-state index in [1.807, 2.05) is 43.3 Å². The van der Waals surface area contributed by atoms with Gasteiger partial charge in [-0.3, -0.25) is 4.79 Å².